The Balaban J connectivity index is 2.86. The van der Waals surface area contributed by atoms with Gasteiger partial charge in [0.05, 0.1) is 0 Å². The van der Waals surface area contributed by atoms with Crippen LogP contribution in [0.25, 0.3) is 0 Å². The first kappa shape index (κ1) is 7.60. The van der Waals surface area contributed by atoms with Crippen LogP contribution in [-0.4, -0.2) is 27.4 Å². The summed E-state index contributed by atoms with van der Waals surface area (Å²) in [7, 11) is 0. The number of carbonyl (C=O) groups excluding carboxylic acids is 1. The Labute approximate surface area is 62.8 Å². The van der Waals surface area contributed by atoms with Crippen LogP contribution in [0, 0.1) is 0 Å². The van der Waals surface area contributed by atoms with Gasteiger partial charge in [-0.05, 0) is 6.92 Å². The normalized spacial score (nSPS) is 32.7. The fourth-order valence-electron chi connectivity index (χ4n) is 0.848. The zero-order valence-electron chi connectivity index (χ0n) is 5.59. The van der Waals surface area contributed by atoms with E-state index in [9.17, 15) is 9.59 Å². The van der Waals surface area contributed by atoms with Crippen molar-refractivity contribution in [1.29, 1.82) is 0 Å². The van der Waals surface area contributed by atoms with Crippen LogP contribution in [-0.2, 0) is 9.59 Å². The van der Waals surface area contributed by atoms with Gasteiger partial charge in [0.15, 0.2) is 10.5 Å². The number of thioether (sulfide) groups is 1. The minimum atomic E-state index is -1.15. The Morgan fingerprint density at radius 3 is 2.60 bits per heavy atom. The molecular formula is C6H8O3S. The Kier molecular flexibility index (Phi) is 1.72. The summed E-state index contributed by atoms with van der Waals surface area (Å²) in [6.07, 6.45) is 0.396. The van der Waals surface area contributed by atoms with Crippen molar-refractivity contribution in [2.24, 2.45) is 0 Å². The highest BCUT2D eigenvalue weighted by molar-refractivity contribution is 8.02. The molecule has 0 saturated carbocycles. The largest absolute Gasteiger partial charge is 0.480 e. The second-order valence-electron chi connectivity index (χ2n) is 2.36. The van der Waals surface area contributed by atoms with E-state index >= 15 is 0 Å². The van der Waals surface area contributed by atoms with E-state index in [0.717, 1.165) is 0 Å². The fraction of sp³-hybridized carbons (Fsp3) is 0.667. The molecule has 0 amide bonds. The van der Waals surface area contributed by atoms with E-state index in [1.165, 1.54) is 18.7 Å². The van der Waals surface area contributed by atoms with Crippen molar-refractivity contribution in [1.82, 2.24) is 0 Å². The monoisotopic (exact) mass is 160 g/mol. The van der Waals surface area contributed by atoms with Crippen LogP contribution in [0.1, 0.15) is 13.3 Å². The molecule has 0 bridgehead atoms. The van der Waals surface area contributed by atoms with Gasteiger partial charge in [-0.3, -0.25) is 9.59 Å². The van der Waals surface area contributed by atoms with E-state index in [0.29, 0.717) is 12.2 Å². The summed E-state index contributed by atoms with van der Waals surface area (Å²) in [5.41, 5.74) is 0. The predicted octanol–water partition coefficient (Wildman–Crippen LogP) is 0.536. The fourth-order valence-corrected chi connectivity index (χ4v) is 1.93. The van der Waals surface area contributed by atoms with Crippen molar-refractivity contribution in [2.45, 2.75) is 18.1 Å². The van der Waals surface area contributed by atoms with Gasteiger partial charge in [-0.1, -0.05) is 0 Å². The molecule has 1 saturated heterocycles. The van der Waals surface area contributed by atoms with Crippen LogP contribution in [0.15, 0.2) is 0 Å². The molecule has 1 fully saturated rings. The van der Waals surface area contributed by atoms with E-state index in [1.54, 1.807) is 0 Å². The Hall–Kier alpha value is -0.510. The molecule has 0 aromatic rings. The first-order valence-corrected chi connectivity index (χ1v) is 3.96. The third-order valence-corrected chi connectivity index (χ3v) is 3.05. The molecule has 10 heavy (non-hydrogen) atoms. The first-order valence-electron chi connectivity index (χ1n) is 2.98. The third kappa shape index (κ3) is 0.923. The Morgan fingerprint density at radius 1 is 1.80 bits per heavy atom. The van der Waals surface area contributed by atoms with Gasteiger partial charge in [0.25, 0.3) is 0 Å². The van der Waals surface area contributed by atoms with Crippen LogP contribution < -0.4 is 0 Å². The van der Waals surface area contributed by atoms with Gasteiger partial charge in [0.1, 0.15) is 0 Å². The predicted molar refractivity (Wildman–Crippen MR) is 38.1 cm³/mol. The number of aliphatic carboxylic acids is 1. The third-order valence-electron chi connectivity index (χ3n) is 1.66. The summed E-state index contributed by atoms with van der Waals surface area (Å²) >= 11 is 1.21. The number of ketones is 1. The van der Waals surface area contributed by atoms with Crippen molar-refractivity contribution in [3.8, 4) is 0 Å². The standard InChI is InChI=1S/C6H8O3S/c1-6(5(8)9)4(7)2-3-10-6/h2-3H2,1H3,(H,8,9). The van der Waals surface area contributed by atoms with E-state index < -0.39 is 10.7 Å². The zero-order valence-corrected chi connectivity index (χ0v) is 6.40. The number of hydrogen-bond donors (Lipinski definition) is 1. The smallest absolute Gasteiger partial charge is 0.327 e. The molecule has 1 N–H and O–H groups in total. The lowest BCUT2D eigenvalue weighted by atomic mass is 10.1. The van der Waals surface area contributed by atoms with E-state index in [1.807, 2.05) is 0 Å². The summed E-state index contributed by atoms with van der Waals surface area (Å²) < 4.78 is -1.15. The van der Waals surface area contributed by atoms with Crippen molar-refractivity contribution in [3.63, 3.8) is 0 Å². The Bertz CT molecular complexity index is 189. The quantitative estimate of drug-likeness (QED) is 0.569. The minimum Gasteiger partial charge on any atom is -0.480 e. The molecular weight excluding hydrogens is 152 g/mol. The minimum absolute atomic E-state index is 0.162. The maximum absolute atomic E-state index is 10.9. The van der Waals surface area contributed by atoms with E-state index in [-0.39, 0.29) is 5.78 Å². The van der Waals surface area contributed by atoms with Crippen LogP contribution >= 0.6 is 11.8 Å². The highest BCUT2D eigenvalue weighted by Crippen LogP contribution is 2.34. The number of hydrogen-bond acceptors (Lipinski definition) is 3. The maximum Gasteiger partial charge on any atom is 0.327 e. The van der Waals surface area contributed by atoms with Gasteiger partial charge in [0, 0.05) is 12.2 Å². The molecule has 1 aliphatic rings. The zero-order chi connectivity index (χ0) is 7.78. The van der Waals surface area contributed by atoms with Gasteiger partial charge in [-0.2, -0.15) is 0 Å². The summed E-state index contributed by atoms with van der Waals surface area (Å²) in [6, 6.07) is 0. The molecule has 1 heterocycles. The molecule has 1 atom stereocenters. The average molecular weight is 160 g/mol. The van der Waals surface area contributed by atoms with Gasteiger partial charge >= 0.3 is 5.97 Å². The SMILES string of the molecule is CC1(C(=O)O)SCCC1=O. The second kappa shape index (κ2) is 2.27. The molecule has 0 radical (unpaired) electrons. The topological polar surface area (TPSA) is 54.4 Å². The lowest BCUT2D eigenvalue weighted by Crippen LogP contribution is -2.36. The number of Topliss-reactive ketones (excluding diaryl/α,β-unsaturated/α-hetero) is 1. The summed E-state index contributed by atoms with van der Waals surface area (Å²) in [5, 5.41) is 8.60. The molecule has 3 nitrogen and oxygen atoms in total. The van der Waals surface area contributed by atoms with Crippen molar-refractivity contribution in [2.75, 3.05) is 5.75 Å². The molecule has 0 aliphatic carbocycles. The molecule has 0 aromatic carbocycles. The van der Waals surface area contributed by atoms with Gasteiger partial charge in [-0.25, -0.2) is 0 Å². The first-order chi connectivity index (χ1) is 4.57. The Morgan fingerprint density at radius 2 is 2.40 bits per heavy atom. The lowest BCUT2D eigenvalue weighted by Gasteiger charge is -2.13. The van der Waals surface area contributed by atoms with Gasteiger partial charge in [-0.15, -0.1) is 11.8 Å². The molecule has 0 aromatic heterocycles. The molecule has 0 spiro atoms. The van der Waals surface area contributed by atoms with Crippen molar-refractivity contribution in [3.05, 3.63) is 0 Å². The number of carboxylic acid groups (broad SMARTS) is 1. The number of carboxylic acids is 1. The highest BCUT2D eigenvalue weighted by Gasteiger charge is 2.45. The molecule has 4 heteroatoms. The highest BCUT2D eigenvalue weighted by atomic mass is 32.2. The van der Waals surface area contributed by atoms with Crippen LogP contribution in [0.3, 0.4) is 0 Å². The molecule has 1 aliphatic heterocycles. The summed E-state index contributed by atoms with van der Waals surface area (Å²) in [5.74, 6) is -0.535. The molecule has 1 unspecified atom stereocenters. The van der Waals surface area contributed by atoms with Crippen LogP contribution in [0.4, 0.5) is 0 Å². The molecule has 56 valence electrons. The van der Waals surface area contributed by atoms with Gasteiger partial charge in [0.2, 0.25) is 0 Å². The van der Waals surface area contributed by atoms with Crippen molar-refractivity contribution >= 4 is 23.5 Å². The van der Waals surface area contributed by atoms with Gasteiger partial charge < -0.3 is 5.11 Å². The lowest BCUT2D eigenvalue weighted by molar-refractivity contribution is -0.142. The molecule has 1 rings (SSSR count). The summed E-state index contributed by atoms with van der Waals surface area (Å²) in [4.78, 5) is 21.4. The number of carbonyl (C=O) groups is 2. The van der Waals surface area contributed by atoms with Crippen molar-refractivity contribution < 1.29 is 14.7 Å². The average Bonchev–Trinajstić information content (AvgIpc) is 2.15. The van der Waals surface area contributed by atoms with E-state index in [2.05, 4.69) is 0 Å². The van der Waals surface area contributed by atoms with E-state index in [4.69, 9.17) is 5.11 Å². The second-order valence-corrected chi connectivity index (χ2v) is 3.87. The van der Waals surface area contributed by atoms with Crippen LogP contribution in [0.2, 0.25) is 0 Å². The van der Waals surface area contributed by atoms with Crippen LogP contribution in [0.5, 0.6) is 0 Å². The number of rotatable bonds is 1. The summed E-state index contributed by atoms with van der Waals surface area (Å²) in [6.45, 7) is 1.47. The maximum atomic E-state index is 10.9.